The minimum atomic E-state index is -0.194. The number of rotatable bonds is 8. The van der Waals surface area contributed by atoms with E-state index in [1.807, 2.05) is 6.20 Å². The molecule has 0 atom stereocenters. The van der Waals surface area contributed by atoms with E-state index in [0.717, 1.165) is 51.0 Å². The Bertz CT molecular complexity index is 3330. The van der Waals surface area contributed by atoms with Crippen LogP contribution in [0, 0.1) is 6.92 Å². The molecule has 0 fully saturated rings. The largest absolute Gasteiger partial charge is 0.457 e. The summed E-state index contributed by atoms with van der Waals surface area (Å²) in [6.45, 7) is 7.47. The van der Waals surface area contributed by atoms with E-state index in [9.17, 15) is 0 Å². The fraction of sp³-hybridized carbons (Fsp3) is 0.0862. The molecule has 0 saturated heterocycles. The van der Waals surface area contributed by atoms with E-state index >= 15 is 0 Å². The quantitative estimate of drug-likeness (QED) is 0.153. The highest BCUT2D eigenvalue weighted by molar-refractivity contribution is 6.16. The lowest BCUT2D eigenvalue weighted by Crippen LogP contribution is -2.25. The van der Waals surface area contributed by atoms with Crippen molar-refractivity contribution >= 4 is 44.6 Å². The normalized spacial score (nSPS) is 13.6. The van der Waals surface area contributed by atoms with Gasteiger partial charge in [0.05, 0.1) is 28.1 Å². The molecule has 12 rings (SSSR count). The maximum atomic E-state index is 6.98. The number of benzene rings is 8. The SMILES string of the molecule is Cc1cc(-n2c3cccc4c3c3c(cc(Oc5cccc(N6CN(c7c(-c8ccccc8)cccc7-c7ccccc7)c7ccccc76)c5)cc32)C4(C)C)ncc1-c1ccccc1. The van der Waals surface area contributed by atoms with Crippen molar-refractivity contribution in [3.63, 3.8) is 0 Å². The molecule has 0 radical (unpaired) electrons. The van der Waals surface area contributed by atoms with Crippen LogP contribution < -0.4 is 14.5 Å². The summed E-state index contributed by atoms with van der Waals surface area (Å²) in [6, 6.07) is 69.3. The number of aromatic nitrogens is 2. The third-order valence-corrected chi connectivity index (χ3v) is 13.2. The molecule has 2 aromatic heterocycles. The zero-order chi connectivity index (χ0) is 42.2. The number of aryl methyl sites for hydroxylation is 1. The van der Waals surface area contributed by atoms with Crippen molar-refractivity contribution < 1.29 is 4.74 Å². The third-order valence-electron chi connectivity index (χ3n) is 13.2. The molecule has 0 spiro atoms. The molecule has 0 unspecified atom stereocenters. The second-order valence-corrected chi connectivity index (χ2v) is 17.3. The second kappa shape index (κ2) is 14.4. The Morgan fingerprint density at radius 2 is 1.08 bits per heavy atom. The minimum Gasteiger partial charge on any atom is -0.457 e. The lowest BCUT2D eigenvalue weighted by molar-refractivity contribution is 0.481. The summed E-state index contributed by atoms with van der Waals surface area (Å²) in [4.78, 5) is 9.99. The summed E-state index contributed by atoms with van der Waals surface area (Å²) in [6.07, 6.45) is 2.02. The first kappa shape index (κ1) is 36.9. The highest BCUT2D eigenvalue weighted by atomic mass is 16.5. The van der Waals surface area contributed by atoms with Crippen molar-refractivity contribution in [2.75, 3.05) is 16.5 Å². The van der Waals surface area contributed by atoms with Gasteiger partial charge in [-0.3, -0.25) is 4.57 Å². The van der Waals surface area contributed by atoms with E-state index in [-0.39, 0.29) is 5.41 Å². The fourth-order valence-corrected chi connectivity index (χ4v) is 10.2. The summed E-state index contributed by atoms with van der Waals surface area (Å²) in [7, 11) is 0. The number of fused-ring (bicyclic) bond motifs is 1. The van der Waals surface area contributed by atoms with Crippen LogP contribution in [-0.2, 0) is 5.41 Å². The summed E-state index contributed by atoms with van der Waals surface area (Å²) in [5, 5.41) is 2.58. The van der Waals surface area contributed by atoms with Gasteiger partial charge < -0.3 is 14.5 Å². The van der Waals surface area contributed by atoms with E-state index in [2.05, 4.69) is 229 Å². The van der Waals surface area contributed by atoms with Gasteiger partial charge in [-0.15, -0.1) is 0 Å². The molecule has 0 saturated carbocycles. The molecule has 0 bridgehead atoms. The molecule has 63 heavy (non-hydrogen) atoms. The van der Waals surface area contributed by atoms with Crippen LogP contribution in [0.5, 0.6) is 11.5 Å². The van der Waals surface area contributed by atoms with E-state index in [0.29, 0.717) is 6.67 Å². The number of anilines is 4. The van der Waals surface area contributed by atoms with Crippen LogP contribution in [0.25, 0.3) is 61.0 Å². The smallest absolute Gasteiger partial charge is 0.137 e. The Kier molecular flexibility index (Phi) is 8.41. The molecule has 1 aliphatic carbocycles. The maximum absolute atomic E-state index is 6.98. The second-order valence-electron chi connectivity index (χ2n) is 17.3. The van der Waals surface area contributed by atoms with Crippen molar-refractivity contribution in [3.05, 3.63) is 217 Å². The molecule has 8 aromatic carbocycles. The lowest BCUT2D eigenvalue weighted by Gasteiger charge is -2.27. The van der Waals surface area contributed by atoms with Gasteiger partial charge in [-0.1, -0.05) is 153 Å². The van der Waals surface area contributed by atoms with Crippen molar-refractivity contribution in [1.82, 2.24) is 9.55 Å². The first-order valence-corrected chi connectivity index (χ1v) is 21.7. The molecule has 10 aromatic rings. The highest BCUT2D eigenvalue weighted by Crippen LogP contribution is 2.53. The van der Waals surface area contributed by atoms with Gasteiger partial charge in [0.15, 0.2) is 0 Å². The van der Waals surface area contributed by atoms with Crippen LogP contribution in [0.3, 0.4) is 0 Å². The van der Waals surface area contributed by atoms with E-state index < -0.39 is 0 Å². The van der Waals surface area contributed by atoms with Crippen molar-refractivity contribution in [1.29, 1.82) is 0 Å². The van der Waals surface area contributed by atoms with Gasteiger partial charge in [0.1, 0.15) is 24.0 Å². The average molecular weight is 813 g/mol. The van der Waals surface area contributed by atoms with Crippen molar-refractivity contribution in [3.8, 4) is 50.7 Å². The summed E-state index contributed by atoms with van der Waals surface area (Å²) in [5.74, 6) is 2.48. The molecule has 0 amide bonds. The molecule has 2 aliphatic rings. The molecule has 5 nitrogen and oxygen atoms in total. The predicted molar refractivity (Wildman–Crippen MR) is 260 cm³/mol. The van der Waals surface area contributed by atoms with Gasteiger partial charge in [0.25, 0.3) is 0 Å². The Labute approximate surface area is 367 Å². The minimum absolute atomic E-state index is 0.194. The summed E-state index contributed by atoms with van der Waals surface area (Å²) < 4.78 is 9.30. The Morgan fingerprint density at radius 3 is 1.75 bits per heavy atom. The zero-order valence-corrected chi connectivity index (χ0v) is 35.5. The highest BCUT2D eigenvalue weighted by Gasteiger charge is 2.37. The summed E-state index contributed by atoms with van der Waals surface area (Å²) >= 11 is 0. The standard InChI is InChI=1S/C58H44N4O/c1-38-32-54(59-36-47(38)41-22-11-6-12-23-41)62-52-31-17-28-48-55(52)56-49(58(48,2)3)34-44(35-53(56)62)63-43-25-15-24-42(33-43)60-37-61(51-30-14-13-29-50(51)60)57-45(39-18-7-4-8-19-39)26-16-27-46(57)40-20-9-5-10-21-40/h4-36H,37H2,1-3H3. The predicted octanol–water partition coefficient (Wildman–Crippen LogP) is 15.2. The van der Waals surface area contributed by atoms with Crippen LogP contribution in [-0.4, -0.2) is 16.2 Å². The average Bonchev–Trinajstić information content (AvgIpc) is 3.95. The van der Waals surface area contributed by atoms with Gasteiger partial charge in [0, 0.05) is 56.9 Å². The molecular formula is C58H44N4O. The van der Waals surface area contributed by atoms with E-state index in [1.54, 1.807) is 0 Å². The van der Waals surface area contributed by atoms with Gasteiger partial charge in [-0.25, -0.2) is 4.98 Å². The molecule has 302 valence electrons. The van der Waals surface area contributed by atoms with E-state index in [4.69, 9.17) is 9.72 Å². The number of para-hydroxylation sites is 3. The first-order chi connectivity index (χ1) is 30.9. The summed E-state index contributed by atoms with van der Waals surface area (Å²) in [5.41, 5.74) is 17.5. The van der Waals surface area contributed by atoms with Crippen LogP contribution in [0.4, 0.5) is 22.7 Å². The number of hydrogen-bond acceptors (Lipinski definition) is 4. The van der Waals surface area contributed by atoms with Gasteiger partial charge in [0.2, 0.25) is 0 Å². The topological polar surface area (TPSA) is 33.5 Å². The molecule has 3 heterocycles. The van der Waals surface area contributed by atoms with Crippen LogP contribution in [0.2, 0.25) is 0 Å². The molecule has 0 N–H and O–H groups in total. The fourth-order valence-electron chi connectivity index (χ4n) is 10.2. The van der Waals surface area contributed by atoms with Crippen LogP contribution in [0.1, 0.15) is 30.5 Å². The van der Waals surface area contributed by atoms with Gasteiger partial charge in [-0.2, -0.15) is 0 Å². The lowest BCUT2D eigenvalue weighted by atomic mass is 9.81. The van der Waals surface area contributed by atoms with Crippen LogP contribution >= 0.6 is 0 Å². The maximum Gasteiger partial charge on any atom is 0.137 e. The number of ether oxygens (including phenoxy) is 1. The van der Waals surface area contributed by atoms with Gasteiger partial charge >= 0.3 is 0 Å². The van der Waals surface area contributed by atoms with Crippen LogP contribution in [0.15, 0.2) is 200 Å². The third kappa shape index (κ3) is 5.88. The number of nitrogens with zero attached hydrogens (tertiary/aromatic N) is 4. The molecular weight excluding hydrogens is 769 g/mol. The van der Waals surface area contributed by atoms with E-state index in [1.165, 1.54) is 61.0 Å². The zero-order valence-electron chi connectivity index (χ0n) is 35.5. The van der Waals surface area contributed by atoms with Crippen molar-refractivity contribution in [2.24, 2.45) is 0 Å². The molecule has 1 aliphatic heterocycles. The monoisotopic (exact) mass is 812 g/mol. The Hall–Kier alpha value is -7.89. The van der Waals surface area contributed by atoms with Crippen molar-refractivity contribution in [2.45, 2.75) is 26.2 Å². The number of hydrogen-bond donors (Lipinski definition) is 0. The molecule has 5 heteroatoms. The Balaban J connectivity index is 0.943. The first-order valence-electron chi connectivity index (χ1n) is 21.7. The Morgan fingerprint density at radius 1 is 0.492 bits per heavy atom. The number of pyridine rings is 1. The van der Waals surface area contributed by atoms with Gasteiger partial charge in [-0.05, 0) is 82.8 Å².